The number of hydrogen-bond acceptors (Lipinski definition) is 2. The molecule has 92 valence electrons. The normalized spacial score (nSPS) is 14.1. The van der Waals surface area contributed by atoms with E-state index in [2.05, 4.69) is 6.92 Å². The average Bonchev–Trinajstić information content (AvgIpc) is 2.14. The Hall–Kier alpha value is -0.0900. The number of rotatable bonds is 9. The van der Waals surface area contributed by atoms with Crippen LogP contribution >= 0.6 is 0 Å². The van der Waals surface area contributed by atoms with E-state index in [1.54, 1.807) is 0 Å². The first-order valence-electron chi connectivity index (χ1n) is 5.98. The van der Waals surface area contributed by atoms with E-state index in [9.17, 15) is 8.42 Å². The molecule has 0 spiro atoms. The van der Waals surface area contributed by atoms with Gasteiger partial charge in [-0.25, -0.2) is 0 Å². The lowest BCUT2D eigenvalue weighted by Gasteiger charge is -2.12. The molecule has 15 heavy (non-hydrogen) atoms. The third kappa shape index (κ3) is 7.79. The maximum absolute atomic E-state index is 11.0. The summed E-state index contributed by atoms with van der Waals surface area (Å²) in [5.74, 6) is 0. The van der Waals surface area contributed by atoms with Crippen molar-refractivity contribution in [3.8, 4) is 0 Å². The molecule has 4 heteroatoms. The zero-order valence-corrected chi connectivity index (χ0v) is 10.7. The summed E-state index contributed by atoms with van der Waals surface area (Å²) in [6.07, 6.45) is 7.54. The summed E-state index contributed by atoms with van der Waals surface area (Å²) < 4.78 is 31.0. The molecule has 0 saturated carbocycles. The van der Waals surface area contributed by atoms with Gasteiger partial charge in [0.2, 0.25) is 0 Å². The minimum atomic E-state index is -3.82. The second-order valence-electron chi connectivity index (χ2n) is 4.13. The van der Waals surface area contributed by atoms with E-state index in [0.29, 0.717) is 12.8 Å². The van der Waals surface area contributed by atoms with Crippen LogP contribution in [0.5, 0.6) is 0 Å². The van der Waals surface area contributed by atoms with E-state index in [0.717, 1.165) is 19.3 Å². The summed E-state index contributed by atoms with van der Waals surface area (Å²) in [5, 5.41) is -0.538. The SMILES string of the molecule is CCCCCCCC(CCC)S(=O)(=O)O. The lowest BCUT2D eigenvalue weighted by atomic mass is 10.1. The average molecular weight is 236 g/mol. The van der Waals surface area contributed by atoms with E-state index in [4.69, 9.17) is 4.55 Å². The fraction of sp³-hybridized carbons (Fsp3) is 1.00. The summed E-state index contributed by atoms with van der Waals surface area (Å²) in [7, 11) is -3.82. The topological polar surface area (TPSA) is 54.4 Å². The molecular formula is C11H24O3S. The highest BCUT2D eigenvalue weighted by Crippen LogP contribution is 2.16. The zero-order chi connectivity index (χ0) is 11.7. The first-order chi connectivity index (χ1) is 7.02. The lowest BCUT2D eigenvalue weighted by molar-refractivity contribution is 0.448. The molecule has 0 heterocycles. The van der Waals surface area contributed by atoms with Gasteiger partial charge in [-0.2, -0.15) is 8.42 Å². The molecule has 0 aliphatic rings. The molecule has 0 saturated heterocycles. The molecular weight excluding hydrogens is 212 g/mol. The van der Waals surface area contributed by atoms with E-state index in [-0.39, 0.29) is 0 Å². The number of unbranched alkanes of at least 4 members (excludes halogenated alkanes) is 4. The monoisotopic (exact) mass is 236 g/mol. The zero-order valence-electron chi connectivity index (χ0n) is 9.91. The Kier molecular flexibility index (Phi) is 8.06. The quantitative estimate of drug-likeness (QED) is 0.493. The smallest absolute Gasteiger partial charge is 0.267 e. The molecule has 0 fully saturated rings. The molecule has 0 radical (unpaired) electrons. The highest BCUT2D eigenvalue weighted by Gasteiger charge is 2.20. The van der Waals surface area contributed by atoms with Gasteiger partial charge in [-0.15, -0.1) is 0 Å². The van der Waals surface area contributed by atoms with Crippen molar-refractivity contribution in [3.05, 3.63) is 0 Å². The Balaban J connectivity index is 3.78. The van der Waals surface area contributed by atoms with Gasteiger partial charge in [-0.3, -0.25) is 4.55 Å². The van der Waals surface area contributed by atoms with Crippen molar-refractivity contribution in [1.29, 1.82) is 0 Å². The first-order valence-corrected chi connectivity index (χ1v) is 7.49. The highest BCUT2D eigenvalue weighted by atomic mass is 32.2. The molecule has 0 aliphatic heterocycles. The van der Waals surface area contributed by atoms with Crippen LogP contribution < -0.4 is 0 Å². The first kappa shape index (κ1) is 14.9. The van der Waals surface area contributed by atoms with Crippen molar-refractivity contribution < 1.29 is 13.0 Å². The third-order valence-corrected chi connectivity index (χ3v) is 3.98. The Labute approximate surface area is 94.0 Å². The van der Waals surface area contributed by atoms with Crippen LogP contribution in [0.25, 0.3) is 0 Å². The van der Waals surface area contributed by atoms with E-state index >= 15 is 0 Å². The molecule has 0 amide bonds. The number of hydrogen-bond donors (Lipinski definition) is 1. The Morgan fingerprint density at radius 1 is 0.933 bits per heavy atom. The summed E-state index contributed by atoms with van der Waals surface area (Å²) >= 11 is 0. The molecule has 1 atom stereocenters. The van der Waals surface area contributed by atoms with Gasteiger partial charge in [0, 0.05) is 0 Å². The van der Waals surface area contributed by atoms with E-state index in [1.807, 2.05) is 6.92 Å². The van der Waals surface area contributed by atoms with Crippen molar-refractivity contribution in [2.75, 3.05) is 0 Å². The molecule has 1 unspecified atom stereocenters. The fourth-order valence-corrected chi connectivity index (χ4v) is 2.74. The van der Waals surface area contributed by atoms with Crippen LogP contribution in [0.15, 0.2) is 0 Å². The molecule has 0 aromatic carbocycles. The largest absolute Gasteiger partial charge is 0.285 e. The van der Waals surface area contributed by atoms with Gasteiger partial charge in [0.25, 0.3) is 10.1 Å². The van der Waals surface area contributed by atoms with Crippen molar-refractivity contribution in [2.45, 2.75) is 70.5 Å². The van der Waals surface area contributed by atoms with Crippen molar-refractivity contribution in [1.82, 2.24) is 0 Å². The van der Waals surface area contributed by atoms with Crippen LogP contribution in [0.2, 0.25) is 0 Å². The Morgan fingerprint density at radius 3 is 2.00 bits per heavy atom. The summed E-state index contributed by atoms with van der Waals surface area (Å²) in [4.78, 5) is 0. The van der Waals surface area contributed by atoms with E-state index < -0.39 is 15.4 Å². The third-order valence-electron chi connectivity index (χ3n) is 2.66. The minimum Gasteiger partial charge on any atom is -0.285 e. The molecule has 0 rings (SSSR count). The molecule has 0 aliphatic carbocycles. The lowest BCUT2D eigenvalue weighted by Crippen LogP contribution is -2.20. The van der Waals surface area contributed by atoms with Gasteiger partial charge in [0.05, 0.1) is 5.25 Å². The van der Waals surface area contributed by atoms with Gasteiger partial charge in [0.15, 0.2) is 0 Å². The van der Waals surface area contributed by atoms with Crippen LogP contribution in [-0.4, -0.2) is 18.2 Å². The molecule has 0 aromatic rings. The molecule has 0 bridgehead atoms. The van der Waals surface area contributed by atoms with Gasteiger partial charge < -0.3 is 0 Å². The van der Waals surface area contributed by atoms with Gasteiger partial charge in [-0.1, -0.05) is 52.4 Å². The van der Waals surface area contributed by atoms with Crippen molar-refractivity contribution in [3.63, 3.8) is 0 Å². The van der Waals surface area contributed by atoms with Crippen LogP contribution in [0, 0.1) is 0 Å². The summed E-state index contributed by atoms with van der Waals surface area (Å²) in [6, 6.07) is 0. The highest BCUT2D eigenvalue weighted by molar-refractivity contribution is 7.86. The van der Waals surface area contributed by atoms with Crippen LogP contribution in [0.4, 0.5) is 0 Å². The van der Waals surface area contributed by atoms with Crippen LogP contribution in [0.1, 0.15) is 65.2 Å². The summed E-state index contributed by atoms with van der Waals surface area (Å²) in [6.45, 7) is 4.09. The van der Waals surface area contributed by atoms with Crippen molar-refractivity contribution >= 4 is 10.1 Å². The standard InChI is InChI=1S/C11H24O3S/c1-3-5-6-7-8-10-11(9-4-2)15(12,13)14/h11H,3-10H2,1-2H3,(H,12,13,14). The second-order valence-corrected chi connectivity index (χ2v) is 5.83. The predicted octanol–water partition coefficient (Wildman–Crippen LogP) is 3.40. The Morgan fingerprint density at radius 2 is 1.53 bits per heavy atom. The van der Waals surface area contributed by atoms with Gasteiger partial charge in [0.1, 0.15) is 0 Å². The maximum atomic E-state index is 11.0. The van der Waals surface area contributed by atoms with Crippen LogP contribution in [-0.2, 0) is 10.1 Å². The predicted molar refractivity (Wildman–Crippen MR) is 63.6 cm³/mol. The van der Waals surface area contributed by atoms with Crippen molar-refractivity contribution in [2.24, 2.45) is 0 Å². The van der Waals surface area contributed by atoms with Gasteiger partial charge in [-0.05, 0) is 12.8 Å². The maximum Gasteiger partial charge on any atom is 0.267 e. The van der Waals surface area contributed by atoms with Gasteiger partial charge >= 0.3 is 0 Å². The molecule has 0 aromatic heterocycles. The Bertz CT molecular complexity index is 234. The molecule has 1 N–H and O–H groups in total. The summed E-state index contributed by atoms with van der Waals surface area (Å²) in [5.41, 5.74) is 0. The second kappa shape index (κ2) is 8.11. The fourth-order valence-electron chi connectivity index (χ4n) is 1.74. The van der Waals surface area contributed by atoms with E-state index in [1.165, 1.54) is 19.3 Å². The van der Waals surface area contributed by atoms with Crippen LogP contribution in [0.3, 0.4) is 0 Å². The minimum absolute atomic E-state index is 0.538. The molecule has 3 nitrogen and oxygen atoms in total.